The minimum absolute atomic E-state index is 0.179. The molecule has 2 N–H and O–H groups in total. The number of rotatable bonds is 8. The smallest absolute Gasteiger partial charge is 0.223 e. The third-order valence-corrected chi connectivity index (χ3v) is 6.39. The fraction of sp³-hybridized carbons (Fsp3) is 0.696. The molecule has 1 aromatic rings. The van der Waals surface area contributed by atoms with E-state index in [0.29, 0.717) is 6.04 Å². The number of carbonyl (C=O) groups is 1. The van der Waals surface area contributed by atoms with Crippen molar-refractivity contribution in [3.05, 3.63) is 35.9 Å². The molecular weight excluding hydrogens is 350 g/mol. The van der Waals surface area contributed by atoms with E-state index in [-0.39, 0.29) is 17.9 Å². The number of nitrogens with one attached hydrogen (secondary N) is 1. The number of nitrogens with zero attached hydrogens (tertiary/aromatic N) is 2. The van der Waals surface area contributed by atoms with E-state index in [9.17, 15) is 9.90 Å². The van der Waals surface area contributed by atoms with Gasteiger partial charge in [-0.05, 0) is 77.2 Å². The van der Waals surface area contributed by atoms with Crippen molar-refractivity contribution in [1.29, 1.82) is 0 Å². The molecule has 2 aliphatic rings. The molecule has 0 saturated carbocycles. The normalized spacial score (nSPS) is 21.5. The molecule has 2 aliphatic heterocycles. The predicted molar refractivity (Wildman–Crippen MR) is 113 cm³/mol. The van der Waals surface area contributed by atoms with Crippen molar-refractivity contribution in [3.8, 4) is 0 Å². The summed E-state index contributed by atoms with van der Waals surface area (Å²) in [4.78, 5) is 17.6. The summed E-state index contributed by atoms with van der Waals surface area (Å²) < 4.78 is 0. The van der Waals surface area contributed by atoms with Crippen LogP contribution in [-0.4, -0.2) is 72.2 Å². The number of carbonyl (C=O) groups excluding carboxylic acids is 1. The van der Waals surface area contributed by atoms with Crippen molar-refractivity contribution in [2.75, 3.05) is 39.3 Å². The topological polar surface area (TPSA) is 55.8 Å². The van der Waals surface area contributed by atoms with Crippen LogP contribution < -0.4 is 5.32 Å². The van der Waals surface area contributed by atoms with Crippen LogP contribution in [0.4, 0.5) is 0 Å². The maximum Gasteiger partial charge on any atom is 0.223 e. The number of hydrogen-bond acceptors (Lipinski definition) is 4. The second kappa shape index (κ2) is 10.9. The molecule has 2 heterocycles. The Morgan fingerprint density at radius 1 is 1.11 bits per heavy atom. The molecule has 1 atom stereocenters. The van der Waals surface area contributed by atoms with Gasteiger partial charge in [0.15, 0.2) is 0 Å². The number of aliphatic hydroxyl groups is 1. The summed E-state index contributed by atoms with van der Waals surface area (Å²) >= 11 is 0. The number of hydrogen-bond donors (Lipinski definition) is 2. The molecule has 3 rings (SSSR count). The fourth-order valence-corrected chi connectivity index (χ4v) is 4.52. The van der Waals surface area contributed by atoms with E-state index in [2.05, 4.69) is 27.2 Å². The Morgan fingerprint density at radius 2 is 1.79 bits per heavy atom. The van der Waals surface area contributed by atoms with Gasteiger partial charge >= 0.3 is 0 Å². The van der Waals surface area contributed by atoms with Gasteiger partial charge in [-0.2, -0.15) is 0 Å². The van der Waals surface area contributed by atoms with Crippen LogP contribution in [0, 0.1) is 5.92 Å². The summed E-state index contributed by atoms with van der Waals surface area (Å²) in [7, 11) is 0. The molecule has 0 aliphatic carbocycles. The highest BCUT2D eigenvalue weighted by Crippen LogP contribution is 2.24. The molecule has 5 heteroatoms. The van der Waals surface area contributed by atoms with Crippen molar-refractivity contribution in [2.24, 2.45) is 5.92 Å². The van der Waals surface area contributed by atoms with Crippen LogP contribution in [0.25, 0.3) is 0 Å². The van der Waals surface area contributed by atoms with Gasteiger partial charge in [0.2, 0.25) is 5.91 Å². The zero-order valence-corrected chi connectivity index (χ0v) is 17.4. The predicted octanol–water partition coefficient (Wildman–Crippen LogP) is 2.29. The fourth-order valence-electron chi connectivity index (χ4n) is 4.52. The summed E-state index contributed by atoms with van der Waals surface area (Å²) in [5.74, 6) is 0.418. The first-order valence-electron chi connectivity index (χ1n) is 11.1. The van der Waals surface area contributed by atoms with Crippen molar-refractivity contribution in [3.63, 3.8) is 0 Å². The highest BCUT2D eigenvalue weighted by atomic mass is 16.3. The van der Waals surface area contributed by atoms with E-state index >= 15 is 0 Å². The van der Waals surface area contributed by atoms with Gasteiger partial charge in [0, 0.05) is 25.0 Å². The number of amides is 1. The van der Waals surface area contributed by atoms with Gasteiger partial charge in [-0.25, -0.2) is 0 Å². The van der Waals surface area contributed by atoms with E-state index in [1.165, 1.54) is 18.4 Å². The highest BCUT2D eigenvalue weighted by molar-refractivity contribution is 5.78. The first-order valence-corrected chi connectivity index (χ1v) is 11.1. The van der Waals surface area contributed by atoms with Crippen molar-refractivity contribution in [1.82, 2.24) is 15.1 Å². The molecule has 28 heavy (non-hydrogen) atoms. The van der Waals surface area contributed by atoms with Gasteiger partial charge in [-0.15, -0.1) is 0 Å². The van der Waals surface area contributed by atoms with Crippen LogP contribution in [-0.2, 0) is 11.2 Å². The summed E-state index contributed by atoms with van der Waals surface area (Å²) in [6.45, 7) is 7.98. The van der Waals surface area contributed by atoms with Gasteiger partial charge < -0.3 is 20.2 Å². The molecule has 0 radical (unpaired) electrons. The van der Waals surface area contributed by atoms with Crippen LogP contribution in [0.2, 0.25) is 0 Å². The molecule has 0 bridgehead atoms. The van der Waals surface area contributed by atoms with Crippen molar-refractivity contribution in [2.45, 2.75) is 57.6 Å². The van der Waals surface area contributed by atoms with Crippen LogP contribution in [0.5, 0.6) is 0 Å². The van der Waals surface area contributed by atoms with Gasteiger partial charge in [0.1, 0.15) is 0 Å². The maximum absolute atomic E-state index is 12.5. The van der Waals surface area contributed by atoms with E-state index in [0.717, 1.165) is 65.0 Å². The molecule has 1 amide bonds. The maximum atomic E-state index is 12.5. The summed E-state index contributed by atoms with van der Waals surface area (Å²) in [5, 5.41) is 12.6. The number of benzene rings is 1. The van der Waals surface area contributed by atoms with E-state index in [4.69, 9.17) is 0 Å². The third-order valence-electron chi connectivity index (χ3n) is 6.39. The van der Waals surface area contributed by atoms with E-state index < -0.39 is 0 Å². The van der Waals surface area contributed by atoms with E-state index in [1.54, 1.807) is 0 Å². The first-order chi connectivity index (χ1) is 13.6. The summed E-state index contributed by atoms with van der Waals surface area (Å²) in [6.07, 6.45) is 5.98. The lowest BCUT2D eigenvalue weighted by Gasteiger charge is -2.41. The Labute approximate surface area is 170 Å². The second-order valence-corrected chi connectivity index (χ2v) is 8.55. The van der Waals surface area contributed by atoms with E-state index in [1.807, 2.05) is 25.1 Å². The van der Waals surface area contributed by atoms with Crippen LogP contribution >= 0.6 is 0 Å². The Morgan fingerprint density at radius 3 is 2.43 bits per heavy atom. The Bertz CT molecular complexity index is 577. The average Bonchev–Trinajstić information content (AvgIpc) is 2.73. The lowest BCUT2D eigenvalue weighted by atomic mass is 9.92. The Hall–Kier alpha value is -1.43. The molecule has 156 valence electrons. The molecule has 0 unspecified atom stereocenters. The Balaban J connectivity index is 1.31. The minimum atomic E-state index is -0.199. The molecule has 0 spiro atoms. The standard InChI is InChI=1S/C23H37N3O2/c1-19(27)8-14-25-15-11-22(12-16-25)26-17-9-21(10-18-26)23(28)24-13-7-20-5-3-2-4-6-20/h2-6,19,21-22,27H,7-18H2,1H3,(H,24,28)/t19-/m0/s1. The lowest BCUT2D eigenvalue weighted by Crippen LogP contribution is -2.49. The number of aliphatic hydroxyl groups excluding tert-OH is 1. The van der Waals surface area contributed by atoms with Crippen LogP contribution in [0.15, 0.2) is 30.3 Å². The molecule has 0 aromatic heterocycles. The average molecular weight is 388 g/mol. The first kappa shape index (κ1) is 21.3. The molecule has 1 aromatic carbocycles. The van der Waals surface area contributed by atoms with Gasteiger partial charge in [0.05, 0.1) is 6.10 Å². The van der Waals surface area contributed by atoms with Crippen LogP contribution in [0.1, 0.15) is 44.6 Å². The third kappa shape index (κ3) is 6.57. The minimum Gasteiger partial charge on any atom is -0.393 e. The SMILES string of the molecule is C[C@H](O)CCN1CCC(N2CCC(C(=O)NCCc3ccccc3)CC2)CC1. The molecular formula is C23H37N3O2. The second-order valence-electron chi connectivity index (χ2n) is 8.55. The molecule has 2 fully saturated rings. The van der Waals surface area contributed by atoms with Crippen LogP contribution in [0.3, 0.4) is 0 Å². The van der Waals surface area contributed by atoms with Crippen molar-refractivity contribution < 1.29 is 9.90 Å². The van der Waals surface area contributed by atoms with Crippen molar-refractivity contribution >= 4 is 5.91 Å². The number of piperidine rings is 2. The Kier molecular flexibility index (Phi) is 8.31. The molecule has 5 nitrogen and oxygen atoms in total. The highest BCUT2D eigenvalue weighted by Gasteiger charge is 2.30. The lowest BCUT2D eigenvalue weighted by molar-refractivity contribution is -0.126. The quantitative estimate of drug-likeness (QED) is 0.719. The monoisotopic (exact) mass is 387 g/mol. The van der Waals surface area contributed by atoms with Gasteiger partial charge in [-0.3, -0.25) is 4.79 Å². The summed E-state index contributed by atoms with van der Waals surface area (Å²) in [6, 6.07) is 11.0. The zero-order chi connectivity index (χ0) is 19.8. The van der Waals surface area contributed by atoms with Gasteiger partial charge in [0.25, 0.3) is 0 Å². The summed E-state index contributed by atoms with van der Waals surface area (Å²) in [5.41, 5.74) is 1.28. The number of likely N-dealkylation sites (tertiary alicyclic amines) is 2. The molecule has 2 saturated heterocycles. The van der Waals surface area contributed by atoms with Gasteiger partial charge in [-0.1, -0.05) is 30.3 Å². The largest absolute Gasteiger partial charge is 0.393 e. The zero-order valence-electron chi connectivity index (χ0n) is 17.4.